The lowest BCUT2D eigenvalue weighted by molar-refractivity contribution is -0.139. The number of aromatic nitrogens is 1. The molecule has 1 heterocycles. The normalized spacial score (nSPS) is 16.3. The van der Waals surface area contributed by atoms with Crippen molar-refractivity contribution in [3.63, 3.8) is 0 Å². The molecule has 0 aliphatic heterocycles. The third-order valence-electron chi connectivity index (χ3n) is 3.24. The van der Waals surface area contributed by atoms with Crippen LogP contribution in [0.25, 0.3) is 0 Å². The van der Waals surface area contributed by atoms with Crippen molar-refractivity contribution in [2.75, 3.05) is 12.4 Å². The van der Waals surface area contributed by atoms with E-state index in [9.17, 15) is 4.79 Å². The summed E-state index contributed by atoms with van der Waals surface area (Å²) in [6.45, 7) is 2.20. The molecule has 100 valence electrons. The van der Waals surface area contributed by atoms with Crippen LogP contribution in [-0.2, 0) is 16.0 Å². The Morgan fingerprint density at radius 3 is 3.06 bits per heavy atom. The maximum atomic E-state index is 11.1. The monoisotopic (exact) mass is 268 g/mol. The van der Waals surface area contributed by atoms with Crippen molar-refractivity contribution in [2.45, 2.75) is 45.1 Å². The molecule has 1 aromatic rings. The van der Waals surface area contributed by atoms with Crippen LogP contribution in [0, 0.1) is 5.92 Å². The van der Waals surface area contributed by atoms with Crippen molar-refractivity contribution < 1.29 is 9.53 Å². The first-order valence-electron chi connectivity index (χ1n) is 6.49. The Hall–Kier alpha value is -1.10. The fourth-order valence-electron chi connectivity index (χ4n) is 1.93. The van der Waals surface area contributed by atoms with Gasteiger partial charge in [0.25, 0.3) is 0 Å². The Balaban J connectivity index is 1.85. The van der Waals surface area contributed by atoms with Gasteiger partial charge in [-0.2, -0.15) is 0 Å². The van der Waals surface area contributed by atoms with Gasteiger partial charge in [0.2, 0.25) is 0 Å². The Bertz CT molecular complexity index is 401. The number of ether oxygens (including phenoxy) is 1. The number of hydrogen-bond acceptors (Lipinski definition) is 5. The summed E-state index contributed by atoms with van der Waals surface area (Å²) in [6, 6.07) is 0.509. The van der Waals surface area contributed by atoms with Crippen molar-refractivity contribution in [1.29, 1.82) is 0 Å². The van der Waals surface area contributed by atoms with E-state index in [-0.39, 0.29) is 12.4 Å². The average molecular weight is 268 g/mol. The molecule has 0 saturated heterocycles. The van der Waals surface area contributed by atoms with Crippen molar-refractivity contribution in [1.82, 2.24) is 4.98 Å². The highest BCUT2D eigenvalue weighted by Crippen LogP contribution is 2.35. The number of nitrogens with one attached hydrogen (secondary N) is 1. The molecule has 4 nitrogen and oxygen atoms in total. The quantitative estimate of drug-likeness (QED) is 0.773. The SMILES string of the molecule is CCC(CC1CC1)Nc1nc(CC(=O)OC)cs1. The summed E-state index contributed by atoms with van der Waals surface area (Å²) >= 11 is 1.56. The fraction of sp³-hybridized carbons (Fsp3) is 0.692. The van der Waals surface area contributed by atoms with Crippen LogP contribution >= 0.6 is 11.3 Å². The summed E-state index contributed by atoms with van der Waals surface area (Å²) in [6.07, 6.45) is 5.37. The molecule has 1 saturated carbocycles. The van der Waals surface area contributed by atoms with Crippen LogP contribution in [0.3, 0.4) is 0 Å². The van der Waals surface area contributed by atoms with Gasteiger partial charge in [-0.15, -0.1) is 11.3 Å². The largest absolute Gasteiger partial charge is 0.469 e. The van der Waals surface area contributed by atoms with E-state index < -0.39 is 0 Å². The standard InChI is InChI=1S/C13H20N2O2S/c1-3-10(6-9-4-5-9)14-13-15-11(8-18-13)7-12(16)17-2/h8-10H,3-7H2,1-2H3,(H,14,15). The minimum Gasteiger partial charge on any atom is -0.469 e. The van der Waals surface area contributed by atoms with E-state index in [0.717, 1.165) is 23.2 Å². The van der Waals surface area contributed by atoms with Crippen LogP contribution in [0.15, 0.2) is 5.38 Å². The topological polar surface area (TPSA) is 51.2 Å². The zero-order valence-electron chi connectivity index (χ0n) is 10.9. The van der Waals surface area contributed by atoms with Gasteiger partial charge in [-0.3, -0.25) is 4.79 Å². The predicted molar refractivity (Wildman–Crippen MR) is 72.9 cm³/mol. The summed E-state index contributed by atoms with van der Waals surface area (Å²) < 4.78 is 4.63. The highest BCUT2D eigenvalue weighted by molar-refractivity contribution is 7.13. The van der Waals surface area contributed by atoms with Crippen LogP contribution in [0.4, 0.5) is 5.13 Å². The van der Waals surface area contributed by atoms with E-state index in [0.29, 0.717) is 6.04 Å². The molecule has 0 amide bonds. The first-order valence-corrected chi connectivity index (χ1v) is 7.37. The maximum Gasteiger partial charge on any atom is 0.311 e. The van der Waals surface area contributed by atoms with Crippen LogP contribution in [0.2, 0.25) is 0 Å². The first kappa shape index (κ1) is 13.3. The van der Waals surface area contributed by atoms with Crippen molar-refractivity contribution in [2.24, 2.45) is 5.92 Å². The molecule has 1 aliphatic rings. The van der Waals surface area contributed by atoms with Gasteiger partial charge in [0.15, 0.2) is 5.13 Å². The first-order chi connectivity index (χ1) is 8.71. The molecule has 2 rings (SSSR count). The lowest BCUT2D eigenvalue weighted by atomic mass is 10.1. The number of thiazole rings is 1. The number of esters is 1. The van der Waals surface area contributed by atoms with Crippen molar-refractivity contribution in [3.05, 3.63) is 11.1 Å². The lowest BCUT2D eigenvalue weighted by Gasteiger charge is -2.15. The van der Waals surface area contributed by atoms with Gasteiger partial charge in [0.05, 0.1) is 19.2 Å². The molecule has 5 heteroatoms. The summed E-state index contributed by atoms with van der Waals surface area (Å²) in [5.74, 6) is 0.675. The average Bonchev–Trinajstić information content (AvgIpc) is 3.08. The van der Waals surface area contributed by atoms with Crippen molar-refractivity contribution >= 4 is 22.4 Å². The molecular formula is C13H20N2O2S. The number of hydrogen-bond donors (Lipinski definition) is 1. The highest BCUT2D eigenvalue weighted by Gasteiger charge is 2.25. The molecule has 1 aromatic heterocycles. The van der Waals surface area contributed by atoms with Crippen LogP contribution in [0.5, 0.6) is 0 Å². The molecular weight excluding hydrogens is 248 g/mol. The highest BCUT2D eigenvalue weighted by atomic mass is 32.1. The van der Waals surface area contributed by atoms with Crippen LogP contribution in [-0.4, -0.2) is 24.1 Å². The molecule has 1 atom stereocenters. The van der Waals surface area contributed by atoms with E-state index in [1.165, 1.54) is 26.4 Å². The summed E-state index contributed by atoms with van der Waals surface area (Å²) in [5.41, 5.74) is 0.788. The Morgan fingerprint density at radius 2 is 2.44 bits per heavy atom. The third-order valence-corrected chi connectivity index (χ3v) is 4.06. The number of carbonyl (C=O) groups excluding carboxylic acids is 1. The van der Waals surface area contributed by atoms with Crippen molar-refractivity contribution in [3.8, 4) is 0 Å². The minimum atomic E-state index is -0.239. The summed E-state index contributed by atoms with van der Waals surface area (Å²) in [4.78, 5) is 15.6. The molecule has 18 heavy (non-hydrogen) atoms. The van der Waals surface area contributed by atoms with E-state index >= 15 is 0 Å². The summed E-state index contributed by atoms with van der Waals surface area (Å²) in [7, 11) is 1.40. The molecule has 1 unspecified atom stereocenters. The predicted octanol–water partition coefficient (Wildman–Crippen LogP) is 2.85. The zero-order chi connectivity index (χ0) is 13.0. The Labute approximate surface area is 112 Å². The number of nitrogens with zero attached hydrogens (tertiary/aromatic N) is 1. The van der Waals surface area contributed by atoms with Gasteiger partial charge in [0, 0.05) is 11.4 Å². The fourth-order valence-corrected chi connectivity index (χ4v) is 2.72. The second-order valence-corrected chi connectivity index (χ2v) is 5.68. The lowest BCUT2D eigenvalue weighted by Crippen LogP contribution is -2.19. The van der Waals surface area contributed by atoms with Gasteiger partial charge in [-0.25, -0.2) is 4.98 Å². The van der Waals surface area contributed by atoms with Crippen LogP contribution in [0.1, 0.15) is 38.3 Å². The molecule has 0 radical (unpaired) electrons. The van der Waals surface area contributed by atoms with Crippen LogP contribution < -0.4 is 5.32 Å². The van der Waals surface area contributed by atoms with Gasteiger partial charge in [-0.1, -0.05) is 19.8 Å². The van der Waals surface area contributed by atoms with Gasteiger partial charge >= 0.3 is 5.97 Å². The third kappa shape index (κ3) is 3.98. The number of anilines is 1. The molecule has 0 bridgehead atoms. The molecule has 0 aromatic carbocycles. The molecule has 1 fully saturated rings. The minimum absolute atomic E-state index is 0.239. The molecule has 1 aliphatic carbocycles. The smallest absolute Gasteiger partial charge is 0.311 e. The molecule has 0 spiro atoms. The van der Waals surface area contributed by atoms with E-state index in [2.05, 4.69) is 22.0 Å². The molecule has 1 N–H and O–H groups in total. The maximum absolute atomic E-state index is 11.1. The van der Waals surface area contributed by atoms with E-state index in [1.54, 1.807) is 11.3 Å². The second-order valence-electron chi connectivity index (χ2n) is 4.83. The number of rotatable bonds is 7. The Morgan fingerprint density at radius 1 is 1.67 bits per heavy atom. The van der Waals surface area contributed by atoms with E-state index in [1.807, 2.05) is 5.38 Å². The second kappa shape index (κ2) is 6.18. The van der Waals surface area contributed by atoms with E-state index in [4.69, 9.17) is 0 Å². The number of carbonyl (C=O) groups is 1. The zero-order valence-corrected chi connectivity index (χ0v) is 11.8. The Kier molecular flexibility index (Phi) is 4.58. The summed E-state index contributed by atoms with van der Waals surface area (Å²) in [5, 5.41) is 6.30. The van der Waals surface area contributed by atoms with Gasteiger partial charge < -0.3 is 10.1 Å². The van der Waals surface area contributed by atoms with Gasteiger partial charge in [0.1, 0.15) is 0 Å². The number of methoxy groups -OCH3 is 1. The van der Waals surface area contributed by atoms with Gasteiger partial charge in [-0.05, 0) is 18.8 Å².